The summed E-state index contributed by atoms with van der Waals surface area (Å²) in [5, 5.41) is 7.06. The summed E-state index contributed by atoms with van der Waals surface area (Å²) in [6.45, 7) is 7.45. The summed E-state index contributed by atoms with van der Waals surface area (Å²) in [6.07, 6.45) is 8.58. The summed E-state index contributed by atoms with van der Waals surface area (Å²) in [5.41, 5.74) is 3.41. The Morgan fingerprint density at radius 3 is 2.63 bits per heavy atom. The van der Waals surface area contributed by atoms with Gasteiger partial charge >= 0.3 is 0 Å². The first kappa shape index (κ1) is 23.3. The molecule has 1 aliphatic carbocycles. The molecule has 0 atom stereocenters. The number of imidazole rings is 1. The predicted octanol–water partition coefficient (Wildman–Crippen LogP) is 2.96. The molecule has 4 rings (SSSR count). The Morgan fingerprint density at radius 1 is 1.17 bits per heavy atom. The van der Waals surface area contributed by atoms with Crippen LogP contribution in [0, 0.1) is 6.92 Å². The fourth-order valence-corrected chi connectivity index (χ4v) is 4.78. The smallest absolute Gasteiger partial charge is 0.191 e. The molecule has 166 valence electrons. The Balaban J connectivity index is 0.00000256. The Bertz CT molecular complexity index is 839. The number of halogens is 1. The molecule has 0 bridgehead atoms. The van der Waals surface area contributed by atoms with Crippen LogP contribution in [0.3, 0.4) is 0 Å². The zero-order valence-electron chi connectivity index (χ0n) is 18.2. The van der Waals surface area contributed by atoms with E-state index in [1.165, 1.54) is 37.8 Å². The lowest BCUT2D eigenvalue weighted by Gasteiger charge is -2.48. The third-order valence-corrected chi connectivity index (χ3v) is 6.46. The number of nitrogens with one attached hydrogen (secondary N) is 2. The monoisotopic (exact) mass is 526 g/mol. The lowest BCUT2D eigenvalue weighted by molar-refractivity contribution is -0.0352. The molecule has 7 nitrogen and oxygen atoms in total. The van der Waals surface area contributed by atoms with E-state index in [0.29, 0.717) is 6.54 Å². The number of pyridine rings is 1. The molecule has 3 heterocycles. The number of ether oxygens (including phenoxy) is 1. The quantitative estimate of drug-likeness (QED) is 0.357. The van der Waals surface area contributed by atoms with Crippen molar-refractivity contribution in [3.8, 4) is 0 Å². The second-order valence-corrected chi connectivity index (χ2v) is 8.29. The maximum Gasteiger partial charge on any atom is 0.191 e. The molecule has 30 heavy (non-hydrogen) atoms. The zero-order chi connectivity index (χ0) is 20.1. The molecule has 0 radical (unpaired) electrons. The SMILES string of the molecule is CN=C(NCc1cn2c(C)cccc2n1)NCC1(N2CCOCC2)CCCCC1.I. The third kappa shape index (κ3) is 5.26. The Labute approximate surface area is 196 Å². The summed E-state index contributed by atoms with van der Waals surface area (Å²) in [6, 6.07) is 6.19. The van der Waals surface area contributed by atoms with Crippen LogP contribution in [-0.4, -0.2) is 65.7 Å². The van der Waals surface area contributed by atoms with E-state index in [0.717, 1.165) is 50.1 Å². The van der Waals surface area contributed by atoms with Crippen LogP contribution < -0.4 is 10.6 Å². The minimum atomic E-state index is 0. The van der Waals surface area contributed by atoms with E-state index < -0.39 is 0 Å². The van der Waals surface area contributed by atoms with Gasteiger partial charge in [0.2, 0.25) is 0 Å². The molecule has 2 aliphatic rings. The topological polar surface area (TPSA) is 66.2 Å². The van der Waals surface area contributed by atoms with Crippen LogP contribution >= 0.6 is 24.0 Å². The predicted molar refractivity (Wildman–Crippen MR) is 132 cm³/mol. The van der Waals surface area contributed by atoms with E-state index in [2.05, 4.69) is 44.1 Å². The zero-order valence-corrected chi connectivity index (χ0v) is 20.5. The van der Waals surface area contributed by atoms with Crippen LogP contribution in [0.5, 0.6) is 0 Å². The Hall–Kier alpha value is -1.39. The largest absolute Gasteiger partial charge is 0.379 e. The number of guanidine groups is 1. The summed E-state index contributed by atoms with van der Waals surface area (Å²) < 4.78 is 7.72. The van der Waals surface area contributed by atoms with Crippen molar-refractivity contribution in [1.82, 2.24) is 24.9 Å². The van der Waals surface area contributed by atoms with Gasteiger partial charge in [-0.1, -0.05) is 25.3 Å². The maximum atomic E-state index is 5.60. The van der Waals surface area contributed by atoms with Crippen molar-refractivity contribution in [2.24, 2.45) is 4.99 Å². The van der Waals surface area contributed by atoms with Gasteiger partial charge in [0.1, 0.15) is 5.65 Å². The second-order valence-electron chi connectivity index (χ2n) is 8.29. The molecule has 1 saturated carbocycles. The number of hydrogen-bond acceptors (Lipinski definition) is 4. The lowest BCUT2D eigenvalue weighted by atomic mass is 9.80. The van der Waals surface area contributed by atoms with Crippen molar-refractivity contribution in [3.63, 3.8) is 0 Å². The first-order chi connectivity index (χ1) is 14.2. The van der Waals surface area contributed by atoms with Gasteiger partial charge in [0, 0.05) is 44.1 Å². The summed E-state index contributed by atoms with van der Waals surface area (Å²) >= 11 is 0. The van der Waals surface area contributed by atoms with E-state index in [1.807, 2.05) is 19.2 Å². The highest BCUT2D eigenvalue weighted by Gasteiger charge is 2.38. The van der Waals surface area contributed by atoms with Crippen molar-refractivity contribution in [3.05, 3.63) is 35.8 Å². The van der Waals surface area contributed by atoms with Crippen molar-refractivity contribution in [2.75, 3.05) is 39.9 Å². The summed E-state index contributed by atoms with van der Waals surface area (Å²) in [4.78, 5) is 11.8. The number of aryl methyl sites for hydroxylation is 1. The molecule has 8 heteroatoms. The molecule has 0 unspecified atom stereocenters. The third-order valence-electron chi connectivity index (χ3n) is 6.46. The fourth-order valence-electron chi connectivity index (χ4n) is 4.78. The number of aromatic nitrogens is 2. The first-order valence-corrected chi connectivity index (χ1v) is 10.9. The Morgan fingerprint density at radius 2 is 1.93 bits per heavy atom. The van der Waals surface area contributed by atoms with Crippen LogP contribution in [0.25, 0.3) is 5.65 Å². The highest BCUT2D eigenvalue weighted by Crippen LogP contribution is 2.33. The average molecular weight is 526 g/mol. The van der Waals surface area contributed by atoms with Gasteiger partial charge in [-0.2, -0.15) is 0 Å². The van der Waals surface area contributed by atoms with Crippen molar-refractivity contribution < 1.29 is 4.74 Å². The van der Waals surface area contributed by atoms with E-state index >= 15 is 0 Å². The van der Waals surface area contributed by atoms with Gasteiger partial charge in [0.05, 0.1) is 25.5 Å². The molecule has 2 aromatic heterocycles. The fraction of sp³-hybridized carbons (Fsp3) is 0.636. The molecule has 2 N–H and O–H groups in total. The van der Waals surface area contributed by atoms with Gasteiger partial charge in [0.25, 0.3) is 0 Å². The maximum absolute atomic E-state index is 5.60. The molecule has 1 saturated heterocycles. The first-order valence-electron chi connectivity index (χ1n) is 10.9. The van der Waals surface area contributed by atoms with Crippen LogP contribution in [0.15, 0.2) is 29.4 Å². The van der Waals surface area contributed by atoms with Gasteiger partial charge in [-0.25, -0.2) is 4.98 Å². The van der Waals surface area contributed by atoms with Gasteiger partial charge < -0.3 is 19.8 Å². The second kappa shape index (κ2) is 10.8. The molecule has 2 fully saturated rings. The summed E-state index contributed by atoms with van der Waals surface area (Å²) in [5.74, 6) is 0.844. The van der Waals surface area contributed by atoms with E-state index in [4.69, 9.17) is 9.72 Å². The highest BCUT2D eigenvalue weighted by atomic mass is 127. The van der Waals surface area contributed by atoms with Gasteiger partial charge in [-0.3, -0.25) is 9.89 Å². The molecule has 2 aromatic rings. The van der Waals surface area contributed by atoms with Crippen molar-refractivity contribution in [2.45, 2.75) is 51.1 Å². The molecule has 1 aliphatic heterocycles. The number of rotatable bonds is 5. The average Bonchev–Trinajstić information content (AvgIpc) is 3.20. The van der Waals surface area contributed by atoms with E-state index in [1.54, 1.807) is 0 Å². The van der Waals surface area contributed by atoms with Crippen molar-refractivity contribution >= 4 is 35.6 Å². The molecule has 0 spiro atoms. The summed E-state index contributed by atoms with van der Waals surface area (Å²) in [7, 11) is 1.84. The molecule has 0 aromatic carbocycles. The number of fused-ring (bicyclic) bond motifs is 1. The molecular weight excluding hydrogens is 491 g/mol. The highest BCUT2D eigenvalue weighted by molar-refractivity contribution is 14.0. The minimum absolute atomic E-state index is 0. The number of aliphatic imine (C=N–C) groups is 1. The normalized spacial score (nSPS) is 20.0. The number of hydrogen-bond donors (Lipinski definition) is 2. The van der Waals surface area contributed by atoms with Crippen LogP contribution in [0.2, 0.25) is 0 Å². The van der Waals surface area contributed by atoms with Gasteiger partial charge in [-0.15, -0.1) is 24.0 Å². The van der Waals surface area contributed by atoms with Crippen LogP contribution in [-0.2, 0) is 11.3 Å². The standard InChI is InChI=1S/C22H34N6O.HI/c1-18-7-6-8-20-26-19(16-28(18)20)15-24-21(23-2)25-17-22(9-4-3-5-10-22)27-11-13-29-14-12-27;/h6-8,16H,3-5,9-15,17H2,1-2H3,(H2,23,24,25);1H. The number of nitrogens with zero attached hydrogens (tertiary/aromatic N) is 4. The lowest BCUT2D eigenvalue weighted by Crippen LogP contribution is -2.60. The van der Waals surface area contributed by atoms with Gasteiger partial charge in [0.15, 0.2) is 5.96 Å². The number of morpholine rings is 1. The van der Waals surface area contributed by atoms with Crippen molar-refractivity contribution in [1.29, 1.82) is 0 Å². The minimum Gasteiger partial charge on any atom is -0.379 e. The van der Waals surface area contributed by atoms with E-state index in [9.17, 15) is 0 Å². The molecule has 0 amide bonds. The van der Waals surface area contributed by atoms with E-state index in [-0.39, 0.29) is 29.5 Å². The van der Waals surface area contributed by atoms with Crippen LogP contribution in [0.1, 0.15) is 43.5 Å². The molecular formula is C22H35IN6O. The van der Waals surface area contributed by atoms with Crippen LogP contribution in [0.4, 0.5) is 0 Å². The Kier molecular flexibility index (Phi) is 8.35. The van der Waals surface area contributed by atoms with Gasteiger partial charge in [-0.05, 0) is 31.9 Å².